The summed E-state index contributed by atoms with van der Waals surface area (Å²) in [5.41, 5.74) is 5.11. The van der Waals surface area contributed by atoms with E-state index in [1.165, 1.54) is 16.8 Å². The summed E-state index contributed by atoms with van der Waals surface area (Å²) in [6, 6.07) is 12.8. The summed E-state index contributed by atoms with van der Waals surface area (Å²) in [5.74, 6) is -0.480. The van der Waals surface area contributed by atoms with Gasteiger partial charge in [0.05, 0.1) is 16.3 Å². The largest absolute Gasteiger partial charge is 0.417 e. The van der Waals surface area contributed by atoms with Gasteiger partial charge in [-0.1, -0.05) is 29.8 Å². The molecule has 0 aliphatic heterocycles. The van der Waals surface area contributed by atoms with Gasteiger partial charge < -0.3 is 0 Å². The lowest BCUT2D eigenvalue weighted by Gasteiger charge is -2.13. The van der Waals surface area contributed by atoms with Gasteiger partial charge in [0.1, 0.15) is 5.69 Å². The van der Waals surface area contributed by atoms with E-state index >= 15 is 0 Å². The summed E-state index contributed by atoms with van der Waals surface area (Å²) in [5, 5.41) is -0.221. The molecule has 0 saturated heterocycles. The van der Waals surface area contributed by atoms with Gasteiger partial charge in [-0.3, -0.25) is 20.2 Å². The Morgan fingerprint density at radius 1 is 1.12 bits per heavy atom. The second-order valence-electron chi connectivity index (χ2n) is 5.24. The van der Waals surface area contributed by atoms with E-state index in [-0.39, 0.29) is 16.5 Å². The van der Waals surface area contributed by atoms with Crippen molar-refractivity contribution in [3.63, 3.8) is 0 Å². The Bertz CT molecular complexity index is 925. The Labute approximate surface area is 151 Å². The number of amides is 1. The van der Waals surface area contributed by atoms with Crippen LogP contribution in [0.3, 0.4) is 0 Å². The molecule has 0 bridgehead atoms. The van der Waals surface area contributed by atoms with Gasteiger partial charge in [0.15, 0.2) is 5.82 Å². The predicted octanol–water partition coefficient (Wildman–Crippen LogP) is 4.30. The normalized spacial score (nSPS) is 11.2. The number of para-hydroxylation sites is 1. The molecule has 1 amide bonds. The lowest BCUT2D eigenvalue weighted by Crippen LogP contribution is -2.31. The molecule has 0 spiro atoms. The minimum Gasteiger partial charge on any atom is -0.298 e. The summed E-state index contributed by atoms with van der Waals surface area (Å²) >= 11 is 5.95. The van der Waals surface area contributed by atoms with Crippen molar-refractivity contribution in [3.8, 4) is 5.82 Å². The second-order valence-corrected chi connectivity index (χ2v) is 5.64. The highest BCUT2D eigenvalue weighted by atomic mass is 35.5. The number of hydrogen-bond donors (Lipinski definition) is 2. The van der Waals surface area contributed by atoms with Crippen molar-refractivity contribution in [1.29, 1.82) is 0 Å². The number of halogens is 4. The molecule has 2 N–H and O–H groups in total. The molecule has 3 rings (SSSR count). The SMILES string of the molecule is O=C(NNc1ccccc1)c1cccn1-c1ncc(C(F)(F)F)cc1Cl. The number of rotatable bonds is 4. The van der Waals surface area contributed by atoms with Crippen LogP contribution in [0.4, 0.5) is 18.9 Å². The minimum absolute atomic E-state index is 0.0227. The van der Waals surface area contributed by atoms with Crippen LogP contribution in [0.15, 0.2) is 60.9 Å². The number of anilines is 1. The summed E-state index contributed by atoms with van der Waals surface area (Å²) in [4.78, 5) is 16.1. The van der Waals surface area contributed by atoms with Crippen LogP contribution in [0.2, 0.25) is 5.02 Å². The Balaban J connectivity index is 1.83. The van der Waals surface area contributed by atoms with Crippen LogP contribution in [0, 0.1) is 0 Å². The molecular weight excluding hydrogens is 369 g/mol. The maximum Gasteiger partial charge on any atom is 0.417 e. The smallest absolute Gasteiger partial charge is 0.298 e. The summed E-state index contributed by atoms with van der Waals surface area (Å²) < 4.78 is 39.5. The van der Waals surface area contributed by atoms with Crippen LogP contribution >= 0.6 is 11.6 Å². The molecule has 0 unspecified atom stereocenters. The molecule has 2 heterocycles. The molecule has 0 fully saturated rings. The predicted molar refractivity (Wildman–Crippen MR) is 91.1 cm³/mol. The average Bonchev–Trinajstić information content (AvgIpc) is 3.09. The molecule has 0 atom stereocenters. The lowest BCUT2D eigenvalue weighted by atomic mass is 10.2. The van der Waals surface area contributed by atoms with Crippen LogP contribution in [0.5, 0.6) is 0 Å². The van der Waals surface area contributed by atoms with Gasteiger partial charge in [-0.15, -0.1) is 0 Å². The van der Waals surface area contributed by atoms with Crippen molar-refractivity contribution >= 4 is 23.2 Å². The molecule has 0 saturated carbocycles. The summed E-state index contributed by atoms with van der Waals surface area (Å²) in [7, 11) is 0. The molecular formula is C17H12ClF3N4O. The van der Waals surface area contributed by atoms with Crippen LogP contribution in [-0.2, 0) is 6.18 Å². The highest BCUT2D eigenvalue weighted by Crippen LogP contribution is 2.32. The van der Waals surface area contributed by atoms with E-state index in [2.05, 4.69) is 15.8 Å². The molecule has 3 aromatic rings. The summed E-state index contributed by atoms with van der Waals surface area (Å²) in [6.07, 6.45) is -2.39. The Morgan fingerprint density at radius 2 is 1.85 bits per heavy atom. The number of benzene rings is 1. The number of carbonyl (C=O) groups excluding carboxylic acids is 1. The van der Waals surface area contributed by atoms with E-state index in [1.807, 2.05) is 6.07 Å². The first kappa shape index (κ1) is 17.8. The zero-order valence-corrected chi connectivity index (χ0v) is 13.8. The van der Waals surface area contributed by atoms with Crippen molar-refractivity contribution in [2.45, 2.75) is 6.18 Å². The number of nitrogens with zero attached hydrogens (tertiary/aromatic N) is 2. The number of hydrazine groups is 1. The van der Waals surface area contributed by atoms with Crippen LogP contribution in [0.1, 0.15) is 16.1 Å². The molecule has 0 aliphatic rings. The minimum atomic E-state index is -4.55. The molecule has 9 heteroatoms. The van der Waals surface area contributed by atoms with E-state index in [0.29, 0.717) is 11.9 Å². The fourth-order valence-corrected chi connectivity index (χ4v) is 2.49. The number of aromatic nitrogens is 2. The van der Waals surface area contributed by atoms with Crippen molar-refractivity contribution in [2.75, 3.05) is 5.43 Å². The van der Waals surface area contributed by atoms with Gasteiger partial charge in [-0.25, -0.2) is 4.98 Å². The van der Waals surface area contributed by atoms with E-state index in [0.717, 1.165) is 6.07 Å². The van der Waals surface area contributed by atoms with E-state index in [1.54, 1.807) is 30.3 Å². The van der Waals surface area contributed by atoms with E-state index < -0.39 is 17.6 Å². The fraction of sp³-hybridized carbons (Fsp3) is 0.0588. The first-order chi connectivity index (χ1) is 12.4. The van der Waals surface area contributed by atoms with Crippen LogP contribution < -0.4 is 10.9 Å². The molecule has 134 valence electrons. The number of pyridine rings is 1. The van der Waals surface area contributed by atoms with Crippen molar-refractivity contribution in [3.05, 3.63) is 77.2 Å². The quantitative estimate of drug-likeness (QED) is 0.663. The van der Waals surface area contributed by atoms with Gasteiger partial charge in [0.2, 0.25) is 0 Å². The maximum atomic E-state index is 12.7. The zero-order valence-electron chi connectivity index (χ0n) is 13.1. The molecule has 0 radical (unpaired) electrons. The molecule has 26 heavy (non-hydrogen) atoms. The van der Waals surface area contributed by atoms with Gasteiger partial charge in [0, 0.05) is 12.4 Å². The van der Waals surface area contributed by atoms with Gasteiger partial charge >= 0.3 is 6.18 Å². The molecule has 1 aromatic carbocycles. The number of nitrogens with one attached hydrogen (secondary N) is 2. The third kappa shape index (κ3) is 3.80. The Morgan fingerprint density at radius 3 is 2.50 bits per heavy atom. The topological polar surface area (TPSA) is 59.0 Å². The first-order valence-electron chi connectivity index (χ1n) is 7.38. The highest BCUT2D eigenvalue weighted by molar-refractivity contribution is 6.32. The highest BCUT2D eigenvalue weighted by Gasteiger charge is 2.32. The third-order valence-corrected chi connectivity index (χ3v) is 3.73. The van der Waals surface area contributed by atoms with E-state index in [4.69, 9.17) is 11.6 Å². The number of hydrogen-bond acceptors (Lipinski definition) is 3. The van der Waals surface area contributed by atoms with Crippen molar-refractivity contribution in [1.82, 2.24) is 15.0 Å². The Kier molecular flexibility index (Phi) is 4.85. The molecule has 5 nitrogen and oxygen atoms in total. The lowest BCUT2D eigenvalue weighted by molar-refractivity contribution is -0.137. The van der Waals surface area contributed by atoms with Gasteiger partial charge in [-0.2, -0.15) is 13.2 Å². The molecule has 2 aromatic heterocycles. The second kappa shape index (κ2) is 7.09. The monoisotopic (exact) mass is 380 g/mol. The fourth-order valence-electron chi connectivity index (χ4n) is 2.23. The van der Waals surface area contributed by atoms with E-state index in [9.17, 15) is 18.0 Å². The van der Waals surface area contributed by atoms with Gasteiger partial charge in [0.25, 0.3) is 5.91 Å². The van der Waals surface area contributed by atoms with Crippen LogP contribution in [0.25, 0.3) is 5.82 Å². The first-order valence-corrected chi connectivity index (χ1v) is 7.76. The van der Waals surface area contributed by atoms with Crippen molar-refractivity contribution < 1.29 is 18.0 Å². The van der Waals surface area contributed by atoms with Gasteiger partial charge in [-0.05, 0) is 30.3 Å². The Hall–Kier alpha value is -3.00. The number of alkyl halides is 3. The number of carbonyl (C=O) groups is 1. The zero-order chi connectivity index (χ0) is 18.7. The summed E-state index contributed by atoms with van der Waals surface area (Å²) in [6.45, 7) is 0. The van der Waals surface area contributed by atoms with Crippen molar-refractivity contribution in [2.24, 2.45) is 0 Å². The average molecular weight is 381 g/mol. The maximum absolute atomic E-state index is 12.7. The van der Waals surface area contributed by atoms with Crippen LogP contribution in [-0.4, -0.2) is 15.5 Å². The standard InChI is InChI=1S/C17H12ClF3N4O/c18-13-9-11(17(19,20)21)10-22-15(13)25-8-4-7-14(25)16(26)24-23-12-5-2-1-3-6-12/h1-10,23H,(H,24,26). The third-order valence-electron chi connectivity index (χ3n) is 3.45. The molecule has 0 aliphatic carbocycles.